The SMILES string of the molecule is CC(=O)NC(=O)N1CCN(S(=O)(=O)c2cnc3n2C(C)(Cc2ccc(Br)cc2)C(=O)N3c2cc(Cl)cc(Cl)c2)CC1. The number of nitrogens with zero attached hydrogens (tertiary/aromatic N) is 5. The minimum atomic E-state index is -4.16. The average molecular weight is 684 g/mol. The Kier molecular flexibility index (Phi) is 7.94. The zero-order valence-corrected chi connectivity index (χ0v) is 25.9. The number of halogens is 3. The highest BCUT2D eigenvalue weighted by Gasteiger charge is 2.52. The van der Waals surface area contributed by atoms with Gasteiger partial charge in [0.1, 0.15) is 5.54 Å². The van der Waals surface area contributed by atoms with Gasteiger partial charge in [0, 0.05) is 54.0 Å². The van der Waals surface area contributed by atoms with E-state index in [0.29, 0.717) is 15.7 Å². The van der Waals surface area contributed by atoms with Crippen molar-refractivity contribution >= 4 is 78.6 Å². The molecule has 15 heteroatoms. The summed E-state index contributed by atoms with van der Waals surface area (Å²) in [5, 5.41) is 2.65. The summed E-state index contributed by atoms with van der Waals surface area (Å²) in [6.45, 7) is 3.07. The van der Waals surface area contributed by atoms with Gasteiger partial charge in [-0.2, -0.15) is 4.31 Å². The van der Waals surface area contributed by atoms with Crippen molar-refractivity contribution in [1.29, 1.82) is 0 Å². The van der Waals surface area contributed by atoms with Gasteiger partial charge in [0.15, 0.2) is 5.03 Å². The summed E-state index contributed by atoms with van der Waals surface area (Å²) in [5.74, 6) is -0.782. The molecule has 1 saturated heterocycles. The molecule has 0 radical (unpaired) electrons. The molecule has 4 amide bonds. The summed E-state index contributed by atoms with van der Waals surface area (Å²) in [6, 6.07) is 11.5. The van der Waals surface area contributed by atoms with Crippen molar-refractivity contribution in [2.75, 3.05) is 31.1 Å². The number of anilines is 2. The summed E-state index contributed by atoms with van der Waals surface area (Å²) in [7, 11) is -4.16. The zero-order valence-electron chi connectivity index (χ0n) is 22.0. The predicted octanol–water partition coefficient (Wildman–Crippen LogP) is 4.15. The first-order chi connectivity index (χ1) is 19.3. The minimum absolute atomic E-state index is 0.000834. The molecule has 0 bridgehead atoms. The first kappa shape index (κ1) is 29.5. The molecule has 216 valence electrons. The van der Waals surface area contributed by atoms with Crippen molar-refractivity contribution in [3.05, 3.63) is 68.7 Å². The molecule has 2 aliphatic rings. The number of nitrogens with one attached hydrogen (secondary N) is 1. The number of imidazole rings is 1. The van der Waals surface area contributed by atoms with E-state index in [-0.39, 0.29) is 43.6 Å². The van der Waals surface area contributed by atoms with Crippen molar-refractivity contribution < 1.29 is 22.8 Å². The van der Waals surface area contributed by atoms with Crippen LogP contribution in [0.1, 0.15) is 19.4 Å². The number of aromatic nitrogens is 2. The topological polar surface area (TPSA) is 125 Å². The number of sulfonamides is 1. The second-order valence-corrected chi connectivity index (χ2v) is 13.6. The molecule has 1 aromatic heterocycles. The summed E-state index contributed by atoms with van der Waals surface area (Å²) in [5.41, 5.74) is -0.212. The van der Waals surface area contributed by atoms with Gasteiger partial charge in [-0.25, -0.2) is 23.1 Å². The standard InChI is InChI=1S/C26H25BrCl2N6O5S/c1-16(36)31-25(38)32-7-9-33(10-8-32)41(39,40)22-15-30-24-34(21-12-19(28)11-20(29)13-21)23(37)26(2,35(22)24)14-17-3-5-18(27)6-4-17/h3-6,11-13,15H,7-10,14H2,1-2H3,(H,31,36,38). The van der Waals surface area contributed by atoms with E-state index in [0.717, 1.165) is 10.0 Å². The monoisotopic (exact) mass is 682 g/mol. The van der Waals surface area contributed by atoms with E-state index in [1.165, 1.54) is 37.9 Å². The molecule has 3 aromatic rings. The smallest absolute Gasteiger partial charge is 0.322 e. The van der Waals surface area contributed by atoms with Crippen molar-refractivity contribution in [2.24, 2.45) is 0 Å². The number of rotatable bonds is 5. The Balaban J connectivity index is 1.55. The molecule has 0 spiro atoms. The van der Waals surface area contributed by atoms with Crippen LogP contribution in [0.15, 0.2) is 58.2 Å². The van der Waals surface area contributed by atoms with E-state index in [2.05, 4.69) is 26.2 Å². The maximum absolute atomic E-state index is 14.2. The molecule has 5 rings (SSSR count). The van der Waals surface area contributed by atoms with Crippen molar-refractivity contribution in [1.82, 2.24) is 24.1 Å². The third-order valence-corrected chi connectivity index (χ3v) is 9.87. The van der Waals surface area contributed by atoms with Crippen LogP contribution in [0.5, 0.6) is 0 Å². The van der Waals surface area contributed by atoms with Crippen LogP contribution in [0.3, 0.4) is 0 Å². The average Bonchev–Trinajstić information content (AvgIpc) is 3.43. The maximum atomic E-state index is 14.2. The lowest BCUT2D eigenvalue weighted by Crippen LogP contribution is -2.54. The number of piperazine rings is 1. The van der Waals surface area contributed by atoms with Crippen LogP contribution in [0, 0.1) is 0 Å². The van der Waals surface area contributed by atoms with Crippen LogP contribution in [-0.4, -0.2) is 71.2 Å². The van der Waals surface area contributed by atoms with Crippen LogP contribution in [0.4, 0.5) is 16.4 Å². The van der Waals surface area contributed by atoms with Gasteiger partial charge in [-0.15, -0.1) is 0 Å². The number of carbonyl (C=O) groups excluding carboxylic acids is 3. The summed E-state index contributed by atoms with van der Waals surface area (Å²) >= 11 is 15.9. The van der Waals surface area contributed by atoms with Gasteiger partial charge in [0.25, 0.3) is 15.9 Å². The van der Waals surface area contributed by atoms with Crippen molar-refractivity contribution in [2.45, 2.75) is 30.8 Å². The molecule has 0 aliphatic carbocycles. The zero-order chi connectivity index (χ0) is 29.7. The van der Waals surface area contributed by atoms with Crippen LogP contribution >= 0.6 is 39.1 Å². The third kappa shape index (κ3) is 5.48. The lowest BCUT2D eigenvalue weighted by molar-refractivity contribution is -0.124. The van der Waals surface area contributed by atoms with E-state index in [4.69, 9.17) is 23.2 Å². The molecule has 41 heavy (non-hydrogen) atoms. The molecule has 0 saturated carbocycles. The highest BCUT2D eigenvalue weighted by molar-refractivity contribution is 9.10. The number of amides is 4. The van der Waals surface area contributed by atoms with E-state index in [1.807, 2.05) is 24.3 Å². The molecule has 3 heterocycles. The molecular weight excluding hydrogens is 659 g/mol. The first-order valence-electron chi connectivity index (χ1n) is 12.5. The van der Waals surface area contributed by atoms with Crippen molar-refractivity contribution in [3.63, 3.8) is 0 Å². The van der Waals surface area contributed by atoms with E-state index in [1.54, 1.807) is 19.1 Å². The van der Waals surface area contributed by atoms with Gasteiger partial charge >= 0.3 is 6.03 Å². The Morgan fingerprint density at radius 1 is 1.05 bits per heavy atom. The molecule has 11 nitrogen and oxygen atoms in total. The minimum Gasteiger partial charge on any atom is -0.322 e. The number of imide groups is 1. The molecule has 1 fully saturated rings. The summed E-state index contributed by atoms with van der Waals surface area (Å²) < 4.78 is 31.6. The van der Waals surface area contributed by atoms with Gasteiger partial charge in [-0.05, 0) is 42.8 Å². The van der Waals surface area contributed by atoms with Crippen LogP contribution in [-0.2, 0) is 31.6 Å². The number of urea groups is 1. The number of benzene rings is 2. The Labute approximate surface area is 255 Å². The number of fused-ring (bicyclic) bond motifs is 1. The van der Waals surface area contributed by atoms with Gasteiger partial charge in [0.2, 0.25) is 11.9 Å². The first-order valence-corrected chi connectivity index (χ1v) is 15.5. The van der Waals surface area contributed by atoms with Gasteiger partial charge in [-0.3, -0.25) is 19.5 Å². The van der Waals surface area contributed by atoms with Crippen molar-refractivity contribution in [3.8, 4) is 0 Å². The quantitative estimate of drug-likeness (QED) is 0.431. The molecule has 2 aliphatic heterocycles. The number of hydrogen-bond donors (Lipinski definition) is 1. The highest BCUT2D eigenvalue weighted by atomic mass is 79.9. The summed E-state index contributed by atoms with van der Waals surface area (Å²) in [4.78, 5) is 44.8. The number of carbonyl (C=O) groups is 3. The third-order valence-electron chi connectivity index (χ3n) is 7.05. The van der Waals surface area contributed by atoms with Gasteiger partial charge < -0.3 is 4.90 Å². The number of hydrogen-bond acceptors (Lipinski definition) is 6. The fraction of sp³-hybridized carbons (Fsp3) is 0.308. The fourth-order valence-electron chi connectivity index (χ4n) is 5.11. The summed E-state index contributed by atoms with van der Waals surface area (Å²) in [6.07, 6.45) is 1.42. The normalized spacial score (nSPS) is 19.4. The molecular formula is C26H25BrCl2N6O5S. The Hall–Kier alpha value is -2.97. The van der Waals surface area contributed by atoms with E-state index in [9.17, 15) is 22.8 Å². The maximum Gasteiger partial charge on any atom is 0.324 e. The Bertz CT molecular complexity index is 1640. The Morgan fingerprint density at radius 3 is 2.24 bits per heavy atom. The lowest BCUT2D eigenvalue weighted by Gasteiger charge is -2.34. The van der Waals surface area contributed by atoms with Crippen LogP contribution < -0.4 is 10.2 Å². The largest absolute Gasteiger partial charge is 0.324 e. The van der Waals surface area contributed by atoms with Crippen LogP contribution in [0.25, 0.3) is 0 Å². The van der Waals surface area contributed by atoms with Crippen LogP contribution in [0.2, 0.25) is 10.0 Å². The Morgan fingerprint density at radius 2 is 1.66 bits per heavy atom. The second kappa shape index (κ2) is 11.0. The predicted molar refractivity (Wildman–Crippen MR) is 157 cm³/mol. The second-order valence-electron chi connectivity index (χ2n) is 9.95. The van der Waals surface area contributed by atoms with E-state index < -0.39 is 33.4 Å². The van der Waals surface area contributed by atoms with Gasteiger partial charge in [0.05, 0.1) is 11.9 Å². The van der Waals surface area contributed by atoms with E-state index >= 15 is 0 Å². The molecule has 1 N–H and O–H groups in total. The highest BCUT2D eigenvalue weighted by Crippen LogP contribution is 2.45. The molecule has 1 atom stereocenters. The fourth-order valence-corrected chi connectivity index (χ4v) is 7.49. The lowest BCUT2D eigenvalue weighted by atomic mass is 9.92. The molecule has 1 unspecified atom stereocenters. The molecule has 2 aromatic carbocycles. The van der Waals surface area contributed by atoms with Gasteiger partial charge in [-0.1, -0.05) is 51.3 Å².